The van der Waals surface area contributed by atoms with Crippen molar-refractivity contribution >= 4 is 11.0 Å². The molecule has 27 heavy (non-hydrogen) atoms. The third-order valence-electron chi connectivity index (χ3n) is 5.30. The van der Waals surface area contributed by atoms with Crippen LogP contribution in [0.4, 0.5) is 0 Å². The Bertz CT molecular complexity index is 905. The van der Waals surface area contributed by atoms with Crippen molar-refractivity contribution in [3.63, 3.8) is 0 Å². The molecule has 1 unspecified atom stereocenters. The summed E-state index contributed by atoms with van der Waals surface area (Å²) in [6.45, 7) is 7.34. The quantitative estimate of drug-likeness (QED) is 0.715. The summed E-state index contributed by atoms with van der Waals surface area (Å²) in [5, 5.41) is 0. The number of rotatable bonds is 4. The van der Waals surface area contributed by atoms with E-state index in [0.717, 1.165) is 61.6 Å². The first-order valence-electron chi connectivity index (χ1n) is 9.69. The minimum absolute atomic E-state index is 0.565. The lowest BCUT2D eigenvalue weighted by molar-refractivity contribution is 0.246. The first-order chi connectivity index (χ1) is 13.2. The standard InChI is InChI=1S/C22H27N5/c1-17-5-3-6-20(25-17)16-27-12-11-26(2)14-18(15-27)13-19-8-10-23-21-7-4-9-24-22(19)21/h3-10,18H,11-16H2,1-2H3. The number of likely N-dealkylation sites (N-methyl/N-ethyl adjacent to an activating group) is 1. The van der Waals surface area contributed by atoms with Crippen LogP contribution < -0.4 is 0 Å². The fourth-order valence-corrected chi connectivity index (χ4v) is 4.06. The van der Waals surface area contributed by atoms with E-state index in [1.807, 2.05) is 24.5 Å². The molecule has 0 saturated carbocycles. The lowest BCUT2D eigenvalue weighted by Crippen LogP contribution is -2.31. The van der Waals surface area contributed by atoms with Gasteiger partial charge in [-0.25, -0.2) is 0 Å². The molecule has 0 N–H and O–H groups in total. The zero-order chi connectivity index (χ0) is 18.6. The highest BCUT2D eigenvalue weighted by Crippen LogP contribution is 2.20. The zero-order valence-electron chi connectivity index (χ0n) is 16.2. The Kier molecular flexibility index (Phi) is 5.41. The molecule has 0 amide bonds. The van der Waals surface area contributed by atoms with E-state index in [2.05, 4.69) is 58.0 Å². The van der Waals surface area contributed by atoms with E-state index in [0.29, 0.717) is 5.92 Å². The third-order valence-corrected chi connectivity index (χ3v) is 5.30. The molecule has 0 aliphatic carbocycles. The maximum Gasteiger partial charge on any atom is 0.0918 e. The van der Waals surface area contributed by atoms with E-state index >= 15 is 0 Å². The molecule has 0 bridgehead atoms. The normalized spacial score (nSPS) is 19.3. The summed E-state index contributed by atoms with van der Waals surface area (Å²) in [5.74, 6) is 0.565. The number of hydrogen-bond acceptors (Lipinski definition) is 5. The van der Waals surface area contributed by atoms with Crippen LogP contribution in [0.2, 0.25) is 0 Å². The van der Waals surface area contributed by atoms with Gasteiger partial charge in [-0.15, -0.1) is 0 Å². The monoisotopic (exact) mass is 361 g/mol. The highest BCUT2D eigenvalue weighted by molar-refractivity contribution is 5.77. The lowest BCUT2D eigenvalue weighted by Gasteiger charge is -2.24. The third kappa shape index (κ3) is 4.49. The van der Waals surface area contributed by atoms with Gasteiger partial charge in [0, 0.05) is 50.8 Å². The minimum Gasteiger partial charge on any atom is -0.305 e. The predicted molar refractivity (Wildman–Crippen MR) is 108 cm³/mol. The van der Waals surface area contributed by atoms with Gasteiger partial charge in [-0.2, -0.15) is 0 Å². The van der Waals surface area contributed by atoms with Crippen LogP contribution in [-0.2, 0) is 13.0 Å². The van der Waals surface area contributed by atoms with Gasteiger partial charge in [0.25, 0.3) is 0 Å². The smallest absolute Gasteiger partial charge is 0.0918 e. The fourth-order valence-electron chi connectivity index (χ4n) is 4.06. The van der Waals surface area contributed by atoms with Crippen molar-refractivity contribution in [1.29, 1.82) is 0 Å². The Morgan fingerprint density at radius 1 is 1.00 bits per heavy atom. The molecule has 4 rings (SSSR count). The highest BCUT2D eigenvalue weighted by atomic mass is 15.2. The van der Waals surface area contributed by atoms with Gasteiger partial charge in [0.1, 0.15) is 0 Å². The van der Waals surface area contributed by atoms with Crippen LogP contribution in [0.3, 0.4) is 0 Å². The van der Waals surface area contributed by atoms with E-state index in [4.69, 9.17) is 4.98 Å². The van der Waals surface area contributed by atoms with Gasteiger partial charge in [0.05, 0.1) is 16.7 Å². The molecule has 1 aliphatic rings. The van der Waals surface area contributed by atoms with Gasteiger partial charge in [-0.3, -0.25) is 19.9 Å². The van der Waals surface area contributed by atoms with Crippen LogP contribution in [0, 0.1) is 12.8 Å². The summed E-state index contributed by atoms with van der Waals surface area (Å²) >= 11 is 0. The van der Waals surface area contributed by atoms with Crippen LogP contribution >= 0.6 is 0 Å². The van der Waals surface area contributed by atoms with Crippen molar-refractivity contribution in [1.82, 2.24) is 24.8 Å². The predicted octanol–water partition coefficient (Wildman–Crippen LogP) is 2.94. The Morgan fingerprint density at radius 2 is 1.93 bits per heavy atom. The molecule has 1 fully saturated rings. The van der Waals surface area contributed by atoms with E-state index < -0.39 is 0 Å². The molecule has 1 aliphatic heterocycles. The maximum atomic E-state index is 4.69. The second kappa shape index (κ2) is 8.11. The van der Waals surface area contributed by atoms with Gasteiger partial charge in [-0.05, 0) is 62.2 Å². The van der Waals surface area contributed by atoms with Crippen molar-refractivity contribution < 1.29 is 0 Å². The van der Waals surface area contributed by atoms with Crippen LogP contribution in [0.25, 0.3) is 11.0 Å². The average Bonchev–Trinajstić information content (AvgIpc) is 2.83. The molecule has 140 valence electrons. The average molecular weight is 361 g/mol. The van der Waals surface area contributed by atoms with Crippen LogP contribution in [0.1, 0.15) is 17.0 Å². The Hall–Kier alpha value is -2.37. The molecular formula is C22H27N5. The summed E-state index contributed by atoms with van der Waals surface area (Å²) < 4.78 is 0. The van der Waals surface area contributed by atoms with E-state index in [-0.39, 0.29) is 0 Å². The number of aryl methyl sites for hydroxylation is 1. The summed E-state index contributed by atoms with van der Waals surface area (Å²) in [6, 6.07) is 12.4. The van der Waals surface area contributed by atoms with E-state index in [1.54, 1.807) is 0 Å². The first-order valence-corrected chi connectivity index (χ1v) is 9.69. The number of aromatic nitrogens is 3. The molecule has 3 aromatic heterocycles. The first kappa shape index (κ1) is 18.0. The fraction of sp³-hybridized carbons (Fsp3) is 0.409. The summed E-state index contributed by atoms with van der Waals surface area (Å²) in [4.78, 5) is 18.7. The van der Waals surface area contributed by atoms with Crippen LogP contribution in [-0.4, -0.2) is 58.0 Å². The van der Waals surface area contributed by atoms with E-state index in [9.17, 15) is 0 Å². The van der Waals surface area contributed by atoms with Gasteiger partial charge < -0.3 is 4.90 Å². The van der Waals surface area contributed by atoms with Crippen LogP contribution in [0.5, 0.6) is 0 Å². The van der Waals surface area contributed by atoms with Gasteiger partial charge >= 0.3 is 0 Å². The number of nitrogens with zero attached hydrogens (tertiary/aromatic N) is 5. The number of hydrogen-bond donors (Lipinski definition) is 0. The van der Waals surface area contributed by atoms with Crippen molar-refractivity contribution in [2.45, 2.75) is 19.9 Å². The van der Waals surface area contributed by atoms with Crippen molar-refractivity contribution in [2.75, 3.05) is 33.2 Å². The number of fused-ring (bicyclic) bond motifs is 1. The van der Waals surface area contributed by atoms with Crippen LogP contribution in [0.15, 0.2) is 48.8 Å². The molecule has 0 aromatic carbocycles. The Morgan fingerprint density at radius 3 is 2.81 bits per heavy atom. The molecule has 0 radical (unpaired) electrons. The molecular weight excluding hydrogens is 334 g/mol. The molecule has 5 heteroatoms. The molecule has 0 spiro atoms. The maximum absolute atomic E-state index is 4.69. The van der Waals surface area contributed by atoms with Crippen molar-refractivity contribution in [2.24, 2.45) is 5.92 Å². The summed E-state index contributed by atoms with van der Waals surface area (Å²) in [6.07, 6.45) is 4.80. The molecule has 1 saturated heterocycles. The zero-order valence-corrected chi connectivity index (χ0v) is 16.2. The van der Waals surface area contributed by atoms with Crippen molar-refractivity contribution in [3.8, 4) is 0 Å². The Labute approximate surface area is 161 Å². The van der Waals surface area contributed by atoms with Gasteiger partial charge in [0.15, 0.2) is 0 Å². The topological polar surface area (TPSA) is 45.2 Å². The van der Waals surface area contributed by atoms with Gasteiger partial charge in [-0.1, -0.05) is 6.07 Å². The SMILES string of the molecule is Cc1cccc(CN2CCN(C)CC(Cc3ccnc4cccnc34)C2)n1. The molecule has 4 heterocycles. The highest BCUT2D eigenvalue weighted by Gasteiger charge is 2.22. The second-order valence-electron chi connectivity index (χ2n) is 7.68. The molecule has 5 nitrogen and oxygen atoms in total. The minimum atomic E-state index is 0.565. The number of pyridine rings is 3. The second-order valence-corrected chi connectivity index (χ2v) is 7.68. The van der Waals surface area contributed by atoms with Crippen molar-refractivity contribution in [3.05, 3.63) is 65.7 Å². The summed E-state index contributed by atoms with van der Waals surface area (Å²) in [7, 11) is 2.23. The Balaban J connectivity index is 1.52. The molecule has 1 atom stereocenters. The van der Waals surface area contributed by atoms with Gasteiger partial charge in [0.2, 0.25) is 0 Å². The lowest BCUT2D eigenvalue weighted by atomic mass is 9.98. The van der Waals surface area contributed by atoms with E-state index in [1.165, 1.54) is 5.56 Å². The summed E-state index contributed by atoms with van der Waals surface area (Å²) in [5.41, 5.74) is 5.57. The molecule has 3 aromatic rings. The largest absolute Gasteiger partial charge is 0.305 e.